The van der Waals surface area contributed by atoms with E-state index in [4.69, 9.17) is 5.73 Å². The lowest BCUT2D eigenvalue weighted by Gasteiger charge is -2.30. The van der Waals surface area contributed by atoms with Crippen molar-refractivity contribution in [1.29, 1.82) is 0 Å². The number of fused-ring (bicyclic) bond motifs is 2. The summed E-state index contributed by atoms with van der Waals surface area (Å²) >= 11 is 1.87. The van der Waals surface area contributed by atoms with Crippen molar-refractivity contribution in [2.45, 2.75) is 19.9 Å². The van der Waals surface area contributed by atoms with E-state index in [0.29, 0.717) is 0 Å². The highest BCUT2D eigenvalue weighted by atomic mass is 32.1. The van der Waals surface area contributed by atoms with Crippen LogP contribution in [-0.2, 0) is 13.0 Å². The fourth-order valence-corrected chi connectivity index (χ4v) is 3.97. The topological polar surface area (TPSA) is 42.1 Å². The van der Waals surface area contributed by atoms with E-state index in [1.807, 2.05) is 30.5 Å². The van der Waals surface area contributed by atoms with Crippen LogP contribution in [0.15, 0.2) is 35.8 Å². The van der Waals surface area contributed by atoms with Crippen molar-refractivity contribution in [1.82, 2.24) is 4.98 Å². The maximum Gasteiger partial charge on any atom is 0.0451 e. The lowest BCUT2D eigenvalue weighted by atomic mass is 10.0. The number of benzene rings is 1. The summed E-state index contributed by atoms with van der Waals surface area (Å²) < 4.78 is 0. The quantitative estimate of drug-likeness (QED) is 0.695. The normalized spacial score (nSPS) is 14.4. The van der Waals surface area contributed by atoms with Crippen LogP contribution in [0.2, 0.25) is 0 Å². The summed E-state index contributed by atoms with van der Waals surface area (Å²) in [7, 11) is 0. The van der Waals surface area contributed by atoms with Crippen LogP contribution >= 0.6 is 11.3 Å². The van der Waals surface area contributed by atoms with E-state index in [2.05, 4.69) is 33.5 Å². The largest absolute Gasteiger partial charge is 0.398 e. The summed E-state index contributed by atoms with van der Waals surface area (Å²) in [6.45, 7) is 4.08. The van der Waals surface area contributed by atoms with E-state index in [-0.39, 0.29) is 0 Å². The molecule has 21 heavy (non-hydrogen) atoms. The van der Waals surface area contributed by atoms with Crippen molar-refractivity contribution in [2.24, 2.45) is 0 Å². The van der Waals surface area contributed by atoms with Gasteiger partial charge in [0, 0.05) is 52.0 Å². The average molecular weight is 295 g/mol. The first-order chi connectivity index (χ1) is 10.2. The Morgan fingerprint density at radius 2 is 2.14 bits per heavy atom. The second kappa shape index (κ2) is 4.74. The van der Waals surface area contributed by atoms with E-state index < -0.39 is 0 Å². The monoisotopic (exact) mass is 295 g/mol. The van der Waals surface area contributed by atoms with Gasteiger partial charge in [-0.05, 0) is 48.6 Å². The van der Waals surface area contributed by atoms with Gasteiger partial charge in [0.2, 0.25) is 0 Å². The molecule has 3 aromatic rings. The fraction of sp³-hybridized carbons (Fsp3) is 0.235. The Balaban J connectivity index is 1.84. The second-order valence-electron chi connectivity index (χ2n) is 5.59. The van der Waals surface area contributed by atoms with E-state index in [9.17, 15) is 0 Å². The molecular formula is C17H17N3S. The van der Waals surface area contributed by atoms with Gasteiger partial charge in [0.15, 0.2) is 0 Å². The molecule has 4 rings (SSSR count). The van der Waals surface area contributed by atoms with Crippen LogP contribution in [0.25, 0.3) is 10.8 Å². The van der Waals surface area contributed by atoms with E-state index in [0.717, 1.165) is 36.3 Å². The van der Waals surface area contributed by atoms with Crippen molar-refractivity contribution >= 4 is 33.5 Å². The van der Waals surface area contributed by atoms with Gasteiger partial charge in [-0.1, -0.05) is 0 Å². The van der Waals surface area contributed by atoms with E-state index in [1.165, 1.54) is 21.5 Å². The number of pyridine rings is 1. The molecule has 3 nitrogen and oxygen atoms in total. The van der Waals surface area contributed by atoms with Crippen LogP contribution in [0.5, 0.6) is 0 Å². The number of hydrogen-bond acceptors (Lipinski definition) is 4. The smallest absolute Gasteiger partial charge is 0.0451 e. The Hall–Kier alpha value is -2.07. The van der Waals surface area contributed by atoms with Gasteiger partial charge in [0.05, 0.1) is 0 Å². The minimum absolute atomic E-state index is 0.800. The number of nitrogens with two attached hydrogens (primary N) is 1. The summed E-state index contributed by atoms with van der Waals surface area (Å²) in [5.41, 5.74) is 10.7. The third-order valence-electron chi connectivity index (χ3n) is 4.20. The Bertz CT molecular complexity index is 822. The molecule has 3 heterocycles. The Morgan fingerprint density at radius 1 is 1.24 bits per heavy atom. The molecule has 0 unspecified atom stereocenters. The first-order valence-electron chi connectivity index (χ1n) is 7.17. The van der Waals surface area contributed by atoms with Crippen molar-refractivity contribution in [3.05, 3.63) is 52.0 Å². The molecule has 0 spiro atoms. The zero-order valence-corrected chi connectivity index (χ0v) is 12.8. The molecule has 1 aromatic carbocycles. The summed E-state index contributed by atoms with van der Waals surface area (Å²) in [6, 6.07) is 8.54. The molecule has 0 fully saturated rings. The lowest BCUT2D eigenvalue weighted by Crippen LogP contribution is -2.29. The van der Waals surface area contributed by atoms with Crippen LogP contribution in [0.4, 0.5) is 11.4 Å². The summed E-state index contributed by atoms with van der Waals surface area (Å²) in [4.78, 5) is 8.37. The molecule has 2 N–H and O–H groups in total. The van der Waals surface area contributed by atoms with Gasteiger partial charge in [-0.25, -0.2) is 0 Å². The molecule has 0 radical (unpaired) electrons. The van der Waals surface area contributed by atoms with Crippen molar-refractivity contribution in [2.75, 3.05) is 17.2 Å². The third-order valence-corrected chi connectivity index (χ3v) is 5.22. The molecule has 1 aliphatic rings. The first kappa shape index (κ1) is 12.7. The molecule has 2 aromatic heterocycles. The summed E-state index contributed by atoms with van der Waals surface area (Å²) in [5, 5.41) is 4.46. The van der Waals surface area contributed by atoms with Gasteiger partial charge < -0.3 is 10.6 Å². The van der Waals surface area contributed by atoms with E-state index in [1.54, 1.807) is 0 Å². The Labute approximate surface area is 128 Å². The molecule has 0 bridgehead atoms. The number of aromatic nitrogens is 1. The molecule has 1 aliphatic heterocycles. The summed E-state index contributed by atoms with van der Waals surface area (Å²) in [5.74, 6) is 0. The zero-order chi connectivity index (χ0) is 14.4. The predicted octanol–water partition coefficient (Wildman–Crippen LogP) is 3.75. The molecule has 4 heteroatoms. The number of anilines is 2. The first-order valence-corrected chi connectivity index (χ1v) is 8.05. The van der Waals surface area contributed by atoms with Gasteiger partial charge in [-0.15, -0.1) is 11.3 Å². The number of nitrogens with zero attached hydrogens (tertiary/aromatic N) is 2. The maximum absolute atomic E-state index is 6.11. The predicted molar refractivity (Wildman–Crippen MR) is 90.0 cm³/mol. The molecule has 0 saturated heterocycles. The van der Waals surface area contributed by atoms with Crippen molar-refractivity contribution in [3.63, 3.8) is 0 Å². The van der Waals surface area contributed by atoms with Crippen LogP contribution in [0.1, 0.15) is 16.1 Å². The van der Waals surface area contributed by atoms with Crippen LogP contribution in [-0.4, -0.2) is 11.5 Å². The van der Waals surface area contributed by atoms with Crippen LogP contribution in [0.3, 0.4) is 0 Å². The molecule has 0 atom stereocenters. The average Bonchev–Trinajstić information content (AvgIpc) is 2.95. The Kier molecular flexibility index (Phi) is 2.86. The van der Waals surface area contributed by atoms with Gasteiger partial charge in [-0.3, -0.25) is 4.98 Å². The zero-order valence-electron chi connectivity index (χ0n) is 12.0. The number of nitrogen functional groups attached to an aromatic ring is 1. The van der Waals surface area contributed by atoms with Crippen LogP contribution < -0.4 is 10.6 Å². The second-order valence-corrected chi connectivity index (χ2v) is 6.59. The number of rotatable bonds is 1. The minimum Gasteiger partial charge on any atom is -0.398 e. The minimum atomic E-state index is 0.800. The third kappa shape index (κ3) is 2.07. The fourth-order valence-electron chi connectivity index (χ4n) is 3.08. The maximum atomic E-state index is 6.11. The molecule has 0 aliphatic carbocycles. The van der Waals surface area contributed by atoms with E-state index >= 15 is 0 Å². The lowest BCUT2D eigenvalue weighted by molar-refractivity contribution is 0.746. The molecular weight excluding hydrogens is 278 g/mol. The SMILES string of the molecule is Cc1cc2c(N3CCc4sccc4C3)ccc(N)c2cn1. The van der Waals surface area contributed by atoms with Crippen molar-refractivity contribution < 1.29 is 0 Å². The number of hydrogen-bond donors (Lipinski definition) is 1. The standard InChI is InChI=1S/C17H17N3S/c1-11-8-13-14(9-19-11)15(18)2-3-16(13)20-6-4-17-12(10-20)5-7-21-17/h2-3,5,7-9H,4,6,10,18H2,1H3. The molecule has 0 saturated carbocycles. The van der Waals surface area contributed by atoms with Gasteiger partial charge in [-0.2, -0.15) is 0 Å². The highest BCUT2D eigenvalue weighted by Crippen LogP contribution is 2.34. The highest BCUT2D eigenvalue weighted by Gasteiger charge is 2.19. The highest BCUT2D eigenvalue weighted by molar-refractivity contribution is 7.10. The molecule has 0 amide bonds. The Morgan fingerprint density at radius 3 is 3.05 bits per heavy atom. The van der Waals surface area contributed by atoms with Gasteiger partial charge in [0.1, 0.15) is 0 Å². The van der Waals surface area contributed by atoms with Crippen molar-refractivity contribution in [3.8, 4) is 0 Å². The van der Waals surface area contributed by atoms with Crippen LogP contribution in [0, 0.1) is 6.92 Å². The summed E-state index contributed by atoms with van der Waals surface area (Å²) in [6.07, 6.45) is 3.02. The van der Waals surface area contributed by atoms with Gasteiger partial charge in [0.25, 0.3) is 0 Å². The molecule has 106 valence electrons. The van der Waals surface area contributed by atoms with Gasteiger partial charge >= 0.3 is 0 Å². The number of aryl methyl sites for hydroxylation is 1. The number of thiophene rings is 1.